The Balaban J connectivity index is 0.000000146. The molecule has 32 nitrogen and oxygen atoms in total. The number of nitrogens with one attached hydrogen (secondary N) is 4. The summed E-state index contributed by atoms with van der Waals surface area (Å²) in [6, 6.07) is 44.9. The van der Waals surface area contributed by atoms with E-state index in [4.69, 9.17) is 11.6 Å². The van der Waals surface area contributed by atoms with Crippen LogP contribution in [0.25, 0.3) is 51.8 Å². The number of carbonyl (C=O) groups excluding carboxylic acids is 4. The van der Waals surface area contributed by atoms with Crippen LogP contribution in [-0.2, 0) is 26.6 Å². The van der Waals surface area contributed by atoms with Gasteiger partial charge in [-0.3, -0.25) is 65.3 Å². The second-order valence-corrected chi connectivity index (χ2v) is 27.7. The Hall–Kier alpha value is -13.4. The van der Waals surface area contributed by atoms with Crippen molar-refractivity contribution in [2.45, 2.75) is 44.0 Å². The van der Waals surface area contributed by atoms with Crippen molar-refractivity contribution in [1.82, 2.24) is 99.1 Å². The molecule has 9 aromatic heterocycles. The molecule has 4 amide bonds. The Morgan fingerprint density at radius 1 is 0.436 bits per heavy atom. The first-order chi connectivity index (χ1) is 52.8. The number of hydrogen-bond donors (Lipinski definition) is 4. The van der Waals surface area contributed by atoms with Crippen LogP contribution < -0.4 is 21.3 Å². The molecule has 13 aromatic rings. The molecule has 4 N–H and O–H groups in total. The molecule has 1 aliphatic rings. The normalized spacial score (nSPS) is 12.1. The van der Waals surface area contributed by atoms with Gasteiger partial charge in [0, 0.05) is 98.5 Å². The number of benzene rings is 4. The highest BCUT2D eigenvalue weighted by Gasteiger charge is 2.22. The molecule has 0 aliphatic carbocycles. The first kappa shape index (κ1) is 77.7. The van der Waals surface area contributed by atoms with Gasteiger partial charge in [0.1, 0.15) is 51.0 Å². The second kappa shape index (κ2) is 35.8. The smallest absolute Gasteiger partial charge is 0.306 e. The van der Waals surface area contributed by atoms with Gasteiger partial charge in [0.15, 0.2) is 33.1 Å². The monoisotopic (exact) mass is 1540 g/mol. The summed E-state index contributed by atoms with van der Waals surface area (Å²) in [5, 5.41) is 10.3. The maximum atomic E-state index is 13.0. The summed E-state index contributed by atoms with van der Waals surface area (Å²) in [6.45, 7) is 12.0. The van der Waals surface area contributed by atoms with Crippen molar-refractivity contribution >= 4 is 79.1 Å². The van der Waals surface area contributed by atoms with E-state index in [0.29, 0.717) is 74.7 Å². The quantitative estimate of drug-likeness (QED) is 0.0616. The zero-order valence-corrected chi connectivity index (χ0v) is 61.8. The molecule has 1 saturated heterocycles. The summed E-state index contributed by atoms with van der Waals surface area (Å²) < 4.78 is 59.6. The number of hydrogen-bond acceptors (Lipinski definition) is 27. The Morgan fingerprint density at radius 3 is 1.14 bits per heavy atom. The first-order valence-electron chi connectivity index (χ1n) is 33.3. The van der Waals surface area contributed by atoms with Crippen LogP contribution in [0.4, 0.5) is 27.7 Å². The van der Waals surface area contributed by atoms with E-state index >= 15 is 0 Å². The van der Waals surface area contributed by atoms with Gasteiger partial charge in [0.25, 0.3) is 23.6 Å². The number of piperazine rings is 1. The molecule has 0 radical (unpaired) electrons. The summed E-state index contributed by atoms with van der Waals surface area (Å²) in [6.07, 6.45) is 12.9. The van der Waals surface area contributed by atoms with E-state index in [1.54, 1.807) is 114 Å². The first-order valence-corrected chi connectivity index (χ1v) is 36.9. The van der Waals surface area contributed by atoms with E-state index in [9.17, 15) is 39.9 Å². The number of anilines is 4. The third-order valence-electron chi connectivity index (χ3n) is 15.6. The fourth-order valence-electron chi connectivity index (χ4n) is 10.2. The highest BCUT2D eigenvalue weighted by molar-refractivity contribution is 7.90. The standard InChI is InChI=1S/C22H25N7O.C19H15N7O.C17H15N5O3S.C16H11ClFN5O3S/c1-16-24-20(19-5-3-4-10-23-19)26-22(25-16)27-21(30)18-8-6-17(7-9-18)15-29-13-11-28(2)12-14-29;1-13-22-17(16-4-2-3-9-21-16)24-19(23-13)25-18(27)14-5-7-15(8-6-14)26-11-10-20-12-26;1-11-19-15(14-5-3-4-10-18-14)21-17(20-11)22-16(23)12-6-8-13(9-7-12)26(2,24)25;1-9-20-14(13-4-2-3-7-19-13)22-16(21-9)23-15(24)11-6-5-10(8-12(11)17)27(18,25)26/h3-10H,11-15H2,1-2H3,(H,24,25,26,27,30);2-12H,1H3,(H,22,23,24,25,27);3-10H,1-2H3,(H,19,20,21,22,23);2-8H,1H3,(H,20,21,22,23,24). The molecule has 14 rings (SSSR count). The Labute approximate surface area is 634 Å². The molecule has 1 aliphatic heterocycles. The predicted molar refractivity (Wildman–Crippen MR) is 405 cm³/mol. The summed E-state index contributed by atoms with van der Waals surface area (Å²) in [4.78, 5) is 126. The third-order valence-corrected chi connectivity index (χ3v) is 17.9. The molecular formula is C74H66ClFN24O8S2. The minimum absolute atomic E-state index is 0.0357. The van der Waals surface area contributed by atoms with E-state index in [1.165, 1.54) is 29.8 Å². The van der Waals surface area contributed by atoms with Crippen LogP contribution in [0.15, 0.2) is 217 Å². The summed E-state index contributed by atoms with van der Waals surface area (Å²) >= 11 is 5.90. The zero-order chi connectivity index (χ0) is 77.9. The van der Waals surface area contributed by atoms with Crippen molar-refractivity contribution in [1.29, 1.82) is 0 Å². The second-order valence-electron chi connectivity index (χ2n) is 24.0. The van der Waals surface area contributed by atoms with Crippen molar-refractivity contribution in [2.24, 2.45) is 0 Å². The van der Waals surface area contributed by atoms with Crippen LogP contribution in [0.3, 0.4) is 0 Å². The van der Waals surface area contributed by atoms with Crippen molar-refractivity contribution in [3.05, 3.63) is 263 Å². The minimum Gasteiger partial charge on any atom is -0.306 e. The number of halogens is 2. The van der Waals surface area contributed by atoms with Gasteiger partial charge in [-0.15, -0.1) is 3.89 Å². The Bertz CT molecular complexity index is 5640. The van der Waals surface area contributed by atoms with E-state index < -0.39 is 36.8 Å². The number of pyridine rings is 4. The van der Waals surface area contributed by atoms with Crippen LogP contribution in [-0.4, -0.2) is 179 Å². The van der Waals surface area contributed by atoms with Crippen molar-refractivity contribution in [2.75, 3.05) is 60.7 Å². The van der Waals surface area contributed by atoms with Gasteiger partial charge >= 0.3 is 10.2 Å². The number of amides is 4. The predicted octanol–water partition coefficient (Wildman–Crippen LogP) is 9.63. The molecular weight excluding hydrogens is 1470 g/mol. The lowest BCUT2D eigenvalue weighted by atomic mass is 10.1. The topological polar surface area (TPSA) is 415 Å². The van der Waals surface area contributed by atoms with Crippen molar-refractivity contribution in [3.8, 4) is 51.8 Å². The summed E-state index contributed by atoms with van der Waals surface area (Å²) in [7, 11) is -6.09. The number of aryl methyl sites for hydroxylation is 4. The largest absolute Gasteiger partial charge is 0.332 e. The highest BCUT2D eigenvalue weighted by atomic mass is 35.5. The van der Waals surface area contributed by atoms with Crippen molar-refractivity contribution < 1.29 is 39.9 Å². The van der Waals surface area contributed by atoms with Crippen LogP contribution in [0.1, 0.15) is 70.3 Å². The molecule has 110 heavy (non-hydrogen) atoms. The van der Waals surface area contributed by atoms with Crippen molar-refractivity contribution in [3.63, 3.8) is 0 Å². The van der Waals surface area contributed by atoms with Gasteiger partial charge in [0.2, 0.25) is 23.8 Å². The van der Waals surface area contributed by atoms with Crippen LogP contribution in [0.2, 0.25) is 5.02 Å². The van der Waals surface area contributed by atoms with Gasteiger partial charge < -0.3 is 9.47 Å². The molecule has 0 unspecified atom stereocenters. The van der Waals surface area contributed by atoms with Gasteiger partial charge in [0.05, 0.1) is 21.8 Å². The lowest BCUT2D eigenvalue weighted by Gasteiger charge is -2.32. The van der Waals surface area contributed by atoms with Gasteiger partial charge in [-0.1, -0.05) is 48.0 Å². The fourth-order valence-corrected chi connectivity index (χ4v) is 11.6. The molecule has 0 spiro atoms. The molecule has 0 bridgehead atoms. The Kier molecular flexibility index (Phi) is 25.3. The number of nitrogens with zero attached hydrogens (tertiary/aromatic N) is 20. The van der Waals surface area contributed by atoms with Crippen LogP contribution >= 0.6 is 11.6 Å². The van der Waals surface area contributed by atoms with Gasteiger partial charge in [-0.25, -0.2) is 33.3 Å². The van der Waals surface area contributed by atoms with E-state index in [2.05, 4.69) is 123 Å². The average molecular weight is 1540 g/mol. The summed E-state index contributed by atoms with van der Waals surface area (Å²) in [5.74, 6) is 2.02. The van der Waals surface area contributed by atoms with Gasteiger partial charge in [-0.2, -0.15) is 48.3 Å². The van der Waals surface area contributed by atoms with E-state index in [-0.39, 0.29) is 62.5 Å². The number of imidazole rings is 1. The molecule has 4 aromatic carbocycles. The average Bonchev–Trinajstić information content (AvgIpc) is 1.48. The number of sulfone groups is 1. The van der Waals surface area contributed by atoms with E-state index in [0.717, 1.165) is 62.9 Å². The van der Waals surface area contributed by atoms with Gasteiger partial charge in [-0.05, 0) is 168 Å². The molecule has 556 valence electrons. The maximum absolute atomic E-state index is 13.0. The highest BCUT2D eigenvalue weighted by Crippen LogP contribution is 2.25. The van der Waals surface area contributed by atoms with Crippen LogP contribution in [0.5, 0.6) is 0 Å². The lowest BCUT2D eigenvalue weighted by molar-refractivity contribution is 0.101. The maximum Gasteiger partial charge on any atom is 0.332 e. The Morgan fingerprint density at radius 2 is 0.800 bits per heavy atom. The van der Waals surface area contributed by atoms with Crippen LogP contribution in [0, 0.1) is 27.7 Å². The number of rotatable bonds is 17. The molecule has 10 heterocycles. The number of aromatic nitrogens is 18. The lowest BCUT2D eigenvalue weighted by Crippen LogP contribution is -2.43. The van der Waals surface area contributed by atoms with E-state index in [1.807, 2.05) is 83.6 Å². The molecule has 36 heteroatoms. The zero-order valence-electron chi connectivity index (χ0n) is 59.4. The number of carbonyl (C=O) groups is 4. The molecule has 0 saturated carbocycles. The minimum atomic E-state index is -4.92. The summed E-state index contributed by atoms with van der Waals surface area (Å²) in [5.41, 5.74) is 5.69. The SMILES string of the molecule is Cc1nc(NC(=O)c2ccc(-n3ccnc3)cc2)nc(-c2ccccn2)n1.Cc1nc(NC(=O)c2ccc(CN3CCN(C)CC3)cc2)nc(-c2ccccn2)n1.Cc1nc(NC(=O)c2ccc(S(=O)(=O)F)cc2Cl)nc(-c2ccccn2)n1.Cc1nc(NC(=O)c2ccc(S(C)(=O)=O)cc2)nc(-c2ccccn2)n1. The molecule has 1 fully saturated rings. The third kappa shape index (κ3) is 21.9. The fraction of sp³-hybridized carbons (Fsp3) is 0.149. The number of likely N-dealkylation sites (N-methyl/N-ethyl adjacent to an activating group) is 1. The molecule has 0 atom stereocenters.